The monoisotopic (exact) mass is 281 g/mol. The minimum absolute atomic E-state index is 0.512. The Balaban J connectivity index is 1.80. The van der Waals surface area contributed by atoms with Gasteiger partial charge in [0.25, 0.3) is 0 Å². The molecular formula is C16H19N5. The smallest absolute Gasteiger partial charge is 0.113 e. The molecule has 108 valence electrons. The third-order valence-electron chi connectivity index (χ3n) is 3.55. The fourth-order valence-electron chi connectivity index (χ4n) is 2.54. The first-order chi connectivity index (χ1) is 10.2. The first-order valence-electron chi connectivity index (χ1n) is 7.13. The highest BCUT2D eigenvalue weighted by atomic mass is 15.4. The van der Waals surface area contributed by atoms with E-state index in [0.29, 0.717) is 5.82 Å². The van der Waals surface area contributed by atoms with Gasteiger partial charge in [-0.1, -0.05) is 30.0 Å². The van der Waals surface area contributed by atoms with Crippen LogP contribution in [0.15, 0.2) is 54.4 Å². The minimum atomic E-state index is 0.512. The van der Waals surface area contributed by atoms with Gasteiger partial charge in [-0.25, -0.2) is 4.68 Å². The number of aromatic nitrogens is 3. The maximum Gasteiger partial charge on any atom is 0.113 e. The first-order valence-corrected chi connectivity index (χ1v) is 7.13. The predicted octanol–water partition coefficient (Wildman–Crippen LogP) is 2.40. The van der Waals surface area contributed by atoms with Gasteiger partial charge in [-0.15, -0.1) is 5.10 Å². The van der Waals surface area contributed by atoms with Crippen LogP contribution in [0.4, 0.5) is 0 Å². The topological polar surface area (TPSA) is 68.8 Å². The lowest BCUT2D eigenvalue weighted by atomic mass is 10.0. The molecule has 2 aromatic rings. The molecule has 1 aromatic carbocycles. The van der Waals surface area contributed by atoms with Crippen LogP contribution in [-0.2, 0) is 0 Å². The largest absolute Gasteiger partial charge is 0.386 e. The van der Waals surface area contributed by atoms with E-state index in [0.717, 1.165) is 36.8 Å². The molecule has 0 radical (unpaired) electrons. The second kappa shape index (κ2) is 5.83. The molecule has 0 bridgehead atoms. The maximum absolute atomic E-state index is 5.51. The summed E-state index contributed by atoms with van der Waals surface area (Å²) in [5, 5.41) is 11.6. The fourth-order valence-corrected chi connectivity index (χ4v) is 2.54. The first kappa shape index (κ1) is 13.4. The van der Waals surface area contributed by atoms with Gasteiger partial charge in [-0.2, -0.15) is 0 Å². The molecule has 0 fully saturated rings. The number of nitrogens with zero attached hydrogens (tertiary/aromatic N) is 3. The number of para-hydroxylation sites is 1. The van der Waals surface area contributed by atoms with Crippen LogP contribution in [0.3, 0.4) is 0 Å². The van der Waals surface area contributed by atoms with Crippen LogP contribution >= 0.6 is 0 Å². The maximum atomic E-state index is 5.51. The van der Waals surface area contributed by atoms with Gasteiger partial charge in [0.2, 0.25) is 0 Å². The van der Waals surface area contributed by atoms with E-state index in [4.69, 9.17) is 5.73 Å². The van der Waals surface area contributed by atoms with Crippen LogP contribution < -0.4 is 11.1 Å². The number of fused-ring (bicyclic) bond motifs is 1. The SMILES string of the molecule is C=C(N)NCCC1=CCCC(n2nnc3ccccc32)=C1. The molecule has 1 heterocycles. The molecular weight excluding hydrogens is 262 g/mol. The van der Waals surface area contributed by atoms with E-state index in [1.807, 2.05) is 28.9 Å². The number of hydrogen-bond acceptors (Lipinski definition) is 4. The molecule has 0 unspecified atom stereocenters. The van der Waals surface area contributed by atoms with Crippen molar-refractivity contribution < 1.29 is 0 Å². The van der Waals surface area contributed by atoms with Crippen LogP contribution in [0, 0.1) is 0 Å². The summed E-state index contributed by atoms with van der Waals surface area (Å²) in [4.78, 5) is 0. The Kier molecular flexibility index (Phi) is 3.73. The molecule has 0 saturated heterocycles. The summed E-state index contributed by atoms with van der Waals surface area (Å²) < 4.78 is 1.94. The number of nitrogens with one attached hydrogen (secondary N) is 1. The molecule has 3 rings (SSSR count). The zero-order valence-corrected chi connectivity index (χ0v) is 11.9. The molecule has 0 aliphatic heterocycles. The van der Waals surface area contributed by atoms with Gasteiger partial charge < -0.3 is 11.1 Å². The predicted molar refractivity (Wildman–Crippen MR) is 85.1 cm³/mol. The van der Waals surface area contributed by atoms with Crippen molar-refractivity contribution in [2.75, 3.05) is 6.54 Å². The molecule has 5 heteroatoms. The Morgan fingerprint density at radius 1 is 1.38 bits per heavy atom. The molecule has 5 nitrogen and oxygen atoms in total. The summed E-state index contributed by atoms with van der Waals surface area (Å²) in [6.45, 7) is 4.43. The lowest BCUT2D eigenvalue weighted by molar-refractivity contribution is 0.764. The Morgan fingerprint density at radius 3 is 3.10 bits per heavy atom. The van der Waals surface area contributed by atoms with Crippen LogP contribution in [0.25, 0.3) is 16.7 Å². The van der Waals surface area contributed by atoms with Gasteiger partial charge in [0.05, 0.1) is 11.3 Å². The van der Waals surface area contributed by atoms with E-state index in [1.165, 1.54) is 11.3 Å². The number of allylic oxidation sites excluding steroid dienone is 3. The normalized spacial score (nSPS) is 14.7. The summed E-state index contributed by atoms with van der Waals surface area (Å²) in [5.41, 5.74) is 9.98. The minimum Gasteiger partial charge on any atom is -0.386 e. The Labute approximate surface area is 123 Å². The van der Waals surface area contributed by atoms with Crippen molar-refractivity contribution in [1.82, 2.24) is 20.3 Å². The lowest BCUT2D eigenvalue weighted by Crippen LogP contribution is -2.20. The van der Waals surface area contributed by atoms with Crippen molar-refractivity contribution in [3.63, 3.8) is 0 Å². The van der Waals surface area contributed by atoms with E-state index in [9.17, 15) is 0 Å². The molecule has 21 heavy (non-hydrogen) atoms. The number of benzene rings is 1. The number of hydrogen-bond donors (Lipinski definition) is 2. The average molecular weight is 281 g/mol. The molecule has 0 amide bonds. The van der Waals surface area contributed by atoms with Gasteiger partial charge >= 0.3 is 0 Å². The summed E-state index contributed by atoms with van der Waals surface area (Å²) in [7, 11) is 0. The van der Waals surface area contributed by atoms with Crippen molar-refractivity contribution in [3.8, 4) is 0 Å². The summed E-state index contributed by atoms with van der Waals surface area (Å²) in [6.07, 6.45) is 7.40. The van der Waals surface area contributed by atoms with E-state index < -0.39 is 0 Å². The summed E-state index contributed by atoms with van der Waals surface area (Å²) in [5.74, 6) is 0.512. The van der Waals surface area contributed by atoms with Crippen molar-refractivity contribution in [2.24, 2.45) is 5.73 Å². The highest BCUT2D eigenvalue weighted by molar-refractivity contribution is 5.78. The van der Waals surface area contributed by atoms with Gasteiger partial charge in [-0.3, -0.25) is 0 Å². The van der Waals surface area contributed by atoms with Gasteiger partial charge in [0.1, 0.15) is 5.52 Å². The van der Waals surface area contributed by atoms with Crippen LogP contribution in [0.1, 0.15) is 19.3 Å². The van der Waals surface area contributed by atoms with E-state index in [1.54, 1.807) is 0 Å². The van der Waals surface area contributed by atoms with Gasteiger partial charge in [0, 0.05) is 12.2 Å². The van der Waals surface area contributed by atoms with Gasteiger partial charge in [0.15, 0.2) is 0 Å². The summed E-state index contributed by atoms with van der Waals surface area (Å²) >= 11 is 0. The van der Waals surface area contributed by atoms with Gasteiger partial charge in [-0.05, 0) is 43.0 Å². The highest BCUT2D eigenvalue weighted by Crippen LogP contribution is 2.25. The lowest BCUT2D eigenvalue weighted by Gasteiger charge is -2.14. The molecule has 3 N–H and O–H groups in total. The molecule has 1 aliphatic rings. The standard InChI is InChI=1S/C16H19N5/c1-12(17)18-10-9-13-5-4-6-14(11-13)21-16-8-3-2-7-15(16)19-20-21/h2-3,5,7-8,11,18H,1,4,6,9-10,17H2. The fraction of sp³-hybridized carbons (Fsp3) is 0.250. The molecule has 1 aliphatic carbocycles. The number of nitrogens with two attached hydrogens (primary N) is 1. The Hall–Kier alpha value is -2.56. The van der Waals surface area contributed by atoms with Crippen LogP contribution in [0.2, 0.25) is 0 Å². The third-order valence-corrected chi connectivity index (χ3v) is 3.55. The average Bonchev–Trinajstić information content (AvgIpc) is 2.91. The Bertz CT molecular complexity index is 723. The summed E-state index contributed by atoms with van der Waals surface area (Å²) in [6, 6.07) is 8.02. The quantitative estimate of drug-likeness (QED) is 0.883. The second-order valence-electron chi connectivity index (χ2n) is 5.15. The second-order valence-corrected chi connectivity index (χ2v) is 5.15. The highest BCUT2D eigenvalue weighted by Gasteiger charge is 2.11. The molecule has 0 spiro atoms. The van der Waals surface area contributed by atoms with E-state index >= 15 is 0 Å². The molecule has 0 atom stereocenters. The molecule has 0 saturated carbocycles. The van der Waals surface area contributed by atoms with Crippen molar-refractivity contribution >= 4 is 16.7 Å². The Morgan fingerprint density at radius 2 is 2.24 bits per heavy atom. The van der Waals surface area contributed by atoms with E-state index in [2.05, 4.69) is 34.4 Å². The van der Waals surface area contributed by atoms with Crippen LogP contribution in [-0.4, -0.2) is 21.5 Å². The van der Waals surface area contributed by atoms with E-state index in [-0.39, 0.29) is 0 Å². The van der Waals surface area contributed by atoms with Crippen LogP contribution in [0.5, 0.6) is 0 Å². The third kappa shape index (κ3) is 2.97. The van der Waals surface area contributed by atoms with Crippen molar-refractivity contribution in [3.05, 3.63) is 54.4 Å². The number of rotatable bonds is 5. The zero-order valence-electron chi connectivity index (χ0n) is 11.9. The molecule has 1 aromatic heterocycles. The van der Waals surface area contributed by atoms with Crippen molar-refractivity contribution in [2.45, 2.75) is 19.3 Å². The van der Waals surface area contributed by atoms with Crippen molar-refractivity contribution in [1.29, 1.82) is 0 Å². The zero-order chi connectivity index (χ0) is 14.7.